The van der Waals surface area contributed by atoms with Crippen LogP contribution in [0.2, 0.25) is 0 Å². The molecule has 0 aromatic rings. The van der Waals surface area contributed by atoms with Crippen molar-refractivity contribution in [2.24, 2.45) is 11.3 Å². The molecule has 3 nitrogen and oxygen atoms in total. The molecule has 0 aliphatic heterocycles. The maximum absolute atomic E-state index is 5.64. The van der Waals surface area contributed by atoms with Gasteiger partial charge in [0, 0.05) is 32.3 Å². The number of ether oxygens (including phenoxy) is 3. The fourth-order valence-electron chi connectivity index (χ4n) is 1.74. The van der Waals surface area contributed by atoms with E-state index in [0.717, 1.165) is 45.4 Å². The van der Waals surface area contributed by atoms with E-state index in [4.69, 9.17) is 14.2 Å². The second-order valence-corrected chi connectivity index (χ2v) is 6.15. The summed E-state index contributed by atoms with van der Waals surface area (Å²) in [5.41, 5.74) is 0.104. The Labute approximate surface area is 113 Å². The van der Waals surface area contributed by atoms with Crippen LogP contribution in [0.4, 0.5) is 0 Å². The summed E-state index contributed by atoms with van der Waals surface area (Å²) in [5.74, 6) is 0.778. The standard InChI is InChI=1S/C15H32O3/c1-14(2)8-6-9-17-10-7-11-18-13-15(3,4)12-16-5/h14H,6-13H2,1-5H3. The molecule has 0 saturated heterocycles. The van der Waals surface area contributed by atoms with E-state index in [1.807, 2.05) is 0 Å². The highest BCUT2D eigenvalue weighted by Gasteiger charge is 2.17. The first-order valence-electron chi connectivity index (χ1n) is 7.12. The molecule has 0 heterocycles. The van der Waals surface area contributed by atoms with Gasteiger partial charge in [0.25, 0.3) is 0 Å². The summed E-state index contributed by atoms with van der Waals surface area (Å²) < 4.78 is 16.3. The first kappa shape index (κ1) is 17.9. The van der Waals surface area contributed by atoms with Gasteiger partial charge >= 0.3 is 0 Å². The molecule has 3 heteroatoms. The largest absolute Gasteiger partial charge is 0.384 e. The lowest BCUT2D eigenvalue weighted by atomic mass is 9.96. The highest BCUT2D eigenvalue weighted by molar-refractivity contribution is 4.66. The van der Waals surface area contributed by atoms with E-state index in [0.29, 0.717) is 0 Å². The van der Waals surface area contributed by atoms with Gasteiger partial charge in [-0.05, 0) is 25.2 Å². The second-order valence-electron chi connectivity index (χ2n) is 6.15. The van der Waals surface area contributed by atoms with Crippen LogP contribution in [-0.2, 0) is 14.2 Å². The average Bonchev–Trinajstić information content (AvgIpc) is 2.26. The van der Waals surface area contributed by atoms with Gasteiger partial charge in [-0.25, -0.2) is 0 Å². The fraction of sp³-hybridized carbons (Fsp3) is 1.00. The van der Waals surface area contributed by atoms with Crippen LogP contribution in [-0.4, -0.2) is 40.1 Å². The Balaban J connectivity index is 3.21. The van der Waals surface area contributed by atoms with E-state index in [1.165, 1.54) is 12.8 Å². The zero-order valence-corrected chi connectivity index (χ0v) is 13.0. The molecule has 0 aromatic heterocycles. The second kappa shape index (κ2) is 10.8. The van der Waals surface area contributed by atoms with E-state index in [2.05, 4.69) is 27.7 Å². The summed E-state index contributed by atoms with van der Waals surface area (Å²) in [7, 11) is 1.73. The van der Waals surface area contributed by atoms with Gasteiger partial charge < -0.3 is 14.2 Å². The monoisotopic (exact) mass is 260 g/mol. The molecule has 0 rings (SSSR count). The van der Waals surface area contributed by atoms with Crippen molar-refractivity contribution in [3.05, 3.63) is 0 Å². The van der Waals surface area contributed by atoms with E-state index in [1.54, 1.807) is 7.11 Å². The van der Waals surface area contributed by atoms with Crippen LogP contribution in [0.1, 0.15) is 47.0 Å². The lowest BCUT2D eigenvalue weighted by Gasteiger charge is -2.23. The van der Waals surface area contributed by atoms with E-state index in [-0.39, 0.29) is 5.41 Å². The summed E-state index contributed by atoms with van der Waals surface area (Å²) in [6.07, 6.45) is 3.39. The lowest BCUT2D eigenvalue weighted by molar-refractivity contribution is 0.00464. The fourth-order valence-corrected chi connectivity index (χ4v) is 1.74. The topological polar surface area (TPSA) is 27.7 Å². The molecular weight excluding hydrogens is 228 g/mol. The minimum atomic E-state index is 0.104. The SMILES string of the molecule is COCC(C)(C)COCCCOCCCC(C)C. The first-order chi connectivity index (χ1) is 8.48. The van der Waals surface area contributed by atoms with Crippen molar-refractivity contribution in [1.29, 1.82) is 0 Å². The van der Waals surface area contributed by atoms with Crippen LogP contribution in [0.15, 0.2) is 0 Å². The molecule has 0 amide bonds. The Morgan fingerprint density at radius 2 is 1.50 bits per heavy atom. The first-order valence-corrected chi connectivity index (χ1v) is 7.12. The molecule has 0 N–H and O–H groups in total. The zero-order valence-electron chi connectivity index (χ0n) is 13.0. The Kier molecular flexibility index (Phi) is 10.7. The molecule has 0 fully saturated rings. The molecular formula is C15H32O3. The predicted molar refractivity (Wildman–Crippen MR) is 76.0 cm³/mol. The van der Waals surface area contributed by atoms with Crippen molar-refractivity contribution in [3.63, 3.8) is 0 Å². The average molecular weight is 260 g/mol. The van der Waals surface area contributed by atoms with Crippen LogP contribution in [0.3, 0.4) is 0 Å². The van der Waals surface area contributed by atoms with Crippen molar-refractivity contribution in [1.82, 2.24) is 0 Å². The van der Waals surface area contributed by atoms with Gasteiger partial charge in [0.2, 0.25) is 0 Å². The molecule has 0 atom stereocenters. The summed E-state index contributed by atoms with van der Waals surface area (Å²) in [4.78, 5) is 0. The lowest BCUT2D eigenvalue weighted by Crippen LogP contribution is -2.25. The van der Waals surface area contributed by atoms with Crippen molar-refractivity contribution in [2.45, 2.75) is 47.0 Å². The van der Waals surface area contributed by atoms with Gasteiger partial charge in [-0.1, -0.05) is 27.7 Å². The smallest absolute Gasteiger partial charge is 0.0539 e. The van der Waals surface area contributed by atoms with Crippen LogP contribution in [0.5, 0.6) is 0 Å². The van der Waals surface area contributed by atoms with Gasteiger partial charge in [0.05, 0.1) is 13.2 Å². The molecule has 18 heavy (non-hydrogen) atoms. The number of hydrogen-bond acceptors (Lipinski definition) is 3. The van der Waals surface area contributed by atoms with Gasteiger partial charge in [0.15, 0.2) is 0 Å². The van der Waals surface area contributed by atoms with Crippen LogP contribution in [0, 0.1) is 11.3 Å². The van der Waals surface area contributed by atoms with Crippen LogP contribution in [0.25, 0.3) is 0 Å². The molecule has 0 unspecified atom stereocenters. The number of hydrogen-bond donors (Lipinski definition) is 0. The normalized spacial score (nSPS) is 12.3. The zero-order chi connectivity index (χ0) is 13.9. The molecule has 0 aliphatic carbocycles. The van der Waals surface area contributed by atoms with Gasteiger partial charge in [-0.2, -0.15) is 0 Å². The third-order valence-corrected chi connectivity index (χ3v) is 2.68. The van der Waals surface area contributed by atoms with Crippen molar-refractivity contribution in [2.75, 3.05) is 40.1 Å². The molecule has 0 aromatic carbocycles. The number of methoxy groups -OCH3 is 1. The maximum Gasteiger partial charge on any atom is 0.0539 e. The van der Waals surface area contributed by atoms with Gasteiger partial charge in [-0.15, -0.1) is 0 Å². The van der Waals surface area contributed by atoms with E-state index in [9.17, 15) is 0 Å². The molecule has 0 aliphatic rings. The molecule has 0 radical (unpaired) electrons. The highest BCUT2D eigenvalue weighted by atomic mass is 16.5. The Morgan fingerprint density at radius 3 is 2.11 bits per heavy atom. The molecule has 110 valence electrons. The maximum atomic E-state index is 5.64. The Morgan fingerprint density at radius 1 is 0.889 bits per heavy atom. The van der Waals surface area contributed by atoms with Crippen molar-refractivity contribution >= 4 is 0 Å². The highest BCUT2D eigenvalue weighted by Crippen LogP contribution is 2.15. The third-order valence-electron chi connectivity index (χ3n) is 2.68. The number of rotatable bonds is 12. The quantitative estimate of drug-likeness (QED) is 0.503. The Hall–Kier alpha value is -0.120. The summed E-state index contributed by atoms with van der Waals surface area (Å²) in [6, 6.07) is 0. The summed E-state index contributed by atoms with van der Waals surface area (Å²) >= 11 is 0. The summed E-state index contributed by atoms with van der Waals surface area (Å²) in [6.45, 7) is 12.7. The molecule has 0 saturated carbocycles. The predicted octanol–water partition coefficient (Wildman–Crippen LogP) is 3.52. The third kappa shape index (κ3) is 12.3. The van der Waals surface area contributed by atoms with Crippen molar-refractivity contribution in [3.8, 4) is 0 Å². The van der Waals surface area contributed by atoms with Crippen LogP contribution >= 0.6 is 0 Å². The van der Waals surface area contributed by atoms with Crippen molar-refractivity contribution < 1.29 is 14.2 Å². The molecule has 0 bridgehead atoms. The van der Waals surface area contributed by atoms with Crippen LogP contribution < -0.4 is 0 Å². The van der Waals surface area contributed by atoms with Gasteiger partial charge in [-0.3, -0.25) is 0 Å². The summed E-state index contributed by atoms with van der Waals surface area (Å²) in [5, 5.41) is 0. The Bertz CT molecular complexity index is 179. The van der Waals surface area contributed by atoms with E-state index >= 15 is 0 Å². The van der Waals surface area contributed by atoms with E-state index < -0.39 is 0 Å². The molecule has 0 spiro atoms. The minimum Gasteiger partial charge on any atom is -0.384 e. The van der Waals surface area contributed by atoms with Gasteiger partial charge in [0.1, 0.15) is 0 Å². The minimum absolute atomic E-state index is 0.104.